The summed E-state index contributed by atoms with van der Waals surface area (Å²) in [6.45, 7) is 0. The summed E-state index contributed by atoms with van der Waals surface area (Å²) in [4.78, 5) is 18.8. The summed E-state index contributed by atoms with van der Waals surface area (Å²) < 4.78 is 29.3. The van der Waals surface area contributed by atoms with Crippen molar-refractivity contribution in [3.8, 4) is 5.75 Å². The van der Waals surface area contributed by atoms with Crippen molar-refractivity contribution in [1.82, 2.24) is 0 Å². The monoisotopic (exact) mass is 402 g/mol. The minimum Gasteiger partial charge on any atom is -0.497 e. The fraction of sp³-hybridized carbons (Fsp3) is 0.263. The minimum absolute atomic E-state index is 0.0787. The number of benzene rings is 2. The fourth-order valence-corrected chi connectivity index (χ4v) is 7.25. The molecule has 140 valence electrons. The Kier molecular flexibility index (Phi) is 4.69. The molecule has 8 heteroatoms. The lowest BCUT2D eigenvalue weighted by Gasteiger charge is -2.24. The van der Waals surface area contributed by atoms with Crippen LogP contribution in [0.25, 0.3) is 0 Å². The Morgan fingerprint density at radius 1 is 1.11 bits per heavy atom. The molecule has 27 heavy (non-hydrogen) atoms. The summed E-state index contributed by atoms with van der Waals surface area (Å²) in [5, 5.41) is 0.435. The molecule has 2 aromatic carbocycles. The van der Waals surface area contributed by atoms with Gasteiger partial charge in [-0.2, -0.15) is 4.99 Å². The zero-order chi connectivity index (χ0) is 19.0. The third-order valence-corrected chi connectivity index (χ3v) is 7.84. The van der Waals surface area contributed by atoms with Gasteiger partial charge in [0.15, 0.2) is 15.0 Å². The lowest BCUT2D eigenvalue weighted by molar-refractivity contribution is 0.100. The minimum atomic E-state index is -3.07. The number of hydrogen-bond acceptors (Lipinski definition) is 5. The number of rotatable bonds is 3. The second-order valence-corrected chi connectivity index (χ2v) is 9.79. The SMILES string of the molecule is COc1ccc(C(=O)N=C2S[C@@H]3CS(=O)(=O)C[C@H]3N2c2ccccc2)cc1. The van der Waals surface area contributed by atoms with Crippen molar-refractivity contribution in [2.45, 2.75) is 11.3 Å². The van der Waals surface area contributed by atoms with Crippen molar-refractivity contribution in [3.05, 3.63) is 60.2 Å². The van der Waals surface area contributed by atoms with E-state index >= 15 is 0 Å². The molecule has 0 saturated carbocycles. The summed E-state index contributed by atoms with van der Waals surface area (Å²) in [5.41, 5.74) is 1.30. The molecular formula is C19H18N2O4S2. The van der Waals surface area contributed by atoms with Gasteiger partial charge in [-0.15, -0.1) is 0 Å². The highest BCUT2D eigenvalue weighted by Gasteiger charge is 2.49. The third kappa shape index (κ3) is 3.59. The number of methoxy groups -OCH3 is 1. The number of amidine groups is 1. The third-order valence-electron chi connectivity index (χ3n) is 4.64. The summed E-state index contributed by atoms with van der Waals surface area (Å²) in [6.07, 6.45) is 0. The Labute approximate surface area is 162 Å². The van der Waals surface area contributed by atoms with Crippen LogP contribution in [0.4, 0.5) is 5.69 Å². The van der Waals surface area contributed by atoms with Crippen LogP contribution in [-0.4, -0.2) is 49.4 Å². The van der Waals surface area contributed by atoms with E-state index in [4.69, 9.17) is 4.74 Å². The quantitative estimate of drug-likeness (QED) is 0.786. The molecule has 0 aliphatic carbocycles. The summed E-state index contributed by atoms with van der Waals surface area (Å²) in [5.74, 6) is 0.500. The molecule has 6 nitrogen and oxygen atoms in total. The van der Waals surface area contributed by atoms with Gasteiger partial charge in [0.1, 0.15) is 5.75 Å². The van der Waals surface area contributed by atoms with E-state index in [0.717, 1.165) is 5.69 Å². The maximum atomic E-state index is 12.6. The molecule has 0 radical (unpaired) electrons. The van der Waals surface area contributed by atoms with Gasteiger partial charge in [-0.05, 0) is 36.4 Å². The molecule has 0 bridgehead atoms. The number of para-hydroxylation sites is 1. The molecule has 2 atom stereocenters. The number of hydrogen-bond donors (Lipinski definition) is 0. The van der Waals surface area contributed by atoms with Crippen LogP contribution < -0.4 is 9.64 Å². The molecule has 2 fully saturated rings. The molecule has 2 aliphatic rings. The highest BCUT2D eigenvalue weighted by atomic mass is 32.2. The van der Waals surface area contributed by atoms with E-state index in [2.05, 4.69) is 4.99 Å². The van der Waals surface area contributed by atoms with Gasteiger partial charge >= 0.3 is 0 Å². The molecular weight excluding hydrogens is 384 g/mol. The predicted molar refractivity (Wildman–Crippen MR) is 108 cm³/mol. The van der Waals surface area contributed by atoms with Gasteiger partial charge in [-0.1, -0.05) is 30.0 Å². The van der Waals surface area contributed by atoms with Gasteiger partial charge < -0.3 is 9.64 Å². The Morgan fingerprint density at radius 2 is 1.81 bits per heavy atom. The van der Waals surface area contributed by atoms with Crippen LogP contribution in [-0.2, 0) is 9.84 Å². The van der Waals surface area contributed by atoms with Crippen molar-refractivity contribution < 1.29 is 17.9 Å². The molecule has 2 aliphatic heterocycles. The number of thioether (sulfide) groups is 1. The number of amides is 1. The van der Waals surface area contributed by atoms with Gasteiger partial charge in [-0.25, -0.2) is 8.42 Å². The zero-order valence-corrected chi connectivity index (χ0v) is 16.2. The normalized spacial score (nSPS) is 24.8. The highest BCUT2D eigenvalue weighted by Crippen LogP contribution is 2.40. The number of sulfone groups is 1. The van der Waals surface area contributed by atoms with Crippen LogP contribution in [0.3, 0.4) is 0 Å². The number of nitrogens with zero attached hydrogens (tertiary/aromatic N) is 2. The van der Waals surface area contributed by atoms with Gasteiger partial charge in [0.05, 0.1) is 24.7 Å². The topological polar surface area (TPSA) is 76.0 Å². The maximum Gasteiger partial charge on any atom is 0.279 e. The van der Waals surface area contributed by atoms with Crippen molar-refractivity contribution in [2.75, 3.05) is 23.5 Å². The molecule has 2 saturated heterocycles. The van der Waals surface area contributed by atoms with Crippen molar-refractivity contribution in [3.63, 3.8) is 0 Å². The number of fused-ring (bicyclic) bond motifs is 1. The first-order valence-corrected chi connectivity index (χ1v) is 11.2. The van der Waals surface area contributed by atoms with Crippen molar-refractivity contribution >= 4 is 38.4 Å². The van der Waals surface area contributed by atoms with Crippen LogP contribution >= 0.6 is 11.8 Å². The standard InChI is InChI=1S/C19H18N2O4S2/c1-25-15-9-7-13(8-10-15)18(22)20-19-21(14-5-3-2-4-6-14)16-11-27(23,24)12-17(16)26-19/h2-10,16-17H,11-12H2,1H3/t16-,17-/m1/s1. The Hall–Kier alpha value is -2.32. The van der Waals surface area contributed by atoms with E-state index in [9.17, 15) is 13.2 Å². The van der Waals surface area contributed by atoms with Crippen LogP contribution in [0.5, 0.6) is 5.75 Å². The summed E-state index contributed by atoms with van der Waals surface area (Å²) in [6, 6.07) is 16.0. The van der Waals surface area contributed by atoms with Crippen molar-refractivity contribution in [1.29, 1.82) is 0 Å². The van der Waals surface area contributed by atoms with E-state index < -0.39 is 9.84 Å². The molecule has 0 spiro atoms. The van der Waals surface area contributed by atoms with E-state index in [-0.39, 0.29) is 28.7 Å². The largest absolute Gasteiger partial charge is 0.497 e. The van der Waals surface area contributed by atoms with Crippen molar-refractivity contribution in [2.24, 2.45) is 4.99 Å². The molecule has 0 N–H and O–H groups in total. The molecule has 0 unspecified atom stereocenters. The molecule has 4 rings (SSSR count). The van der Waals surface area contributed by atoms with E-state index in [1.54, 1.807) is 31.4 Å². The average molecular weight is 402 g/mol. The van der Waals surface area contributed by atoms with Crippen LogP contribution in [0.15, 0.2) is 59.6 Å². The van der Waals surface area contributed by atoms with Gasteiger partial charge in [0.25, 0.3) is 5.91 Å². The van der Waals surface area contributed by atoms with Crippen LogP contribution in [0.1, 0.15) is 10.4 Å². The fourth-order valence-electron chi connectivity index (χ4n) is 3.34. The number of carbonyl (C=O) groups is 1. The second-order valence-electron chi connectivity index (χ2n) is 6.43. The van der Waals surface area contributed by atoms with Crippen LogP contribution in [0, 0.1) is 0 Å². The smallest absolute Gasteiger partial charge is 0.279 e. The highest BCUT2D eigenvalue weighted by molar-refractivity contribution is 8.16. The molecule has 2 heterocycles. The number of ether oxygens (including phenoxy) is 1. The lowest BCUT2D eigenvalue weighted by Crippen LogP contribution is -2.37. The summed E-state index contributed by atoms with van der Waals surface area (Å²) in [7, 11) is -1.51. The van der Waals surface area contributed by atoms with Crippen LogP contribution in [0.2, 0.25) is 0 Å². The van der Waals surface area contributed by atoms with E-state index in [1.807, 2.05) is 35.2 Å². The first-order chi connectivity index (χ1) is 13.0. The number of carbonyl (C=O) groups excluding carboxylic acids is 1. The Balaban J connectivity index is 1.68. The Bertz CT molecular complexity index is 988. The second kappa shape index (κ2) is 7.01. The molecule has 1 amide bonds. The first kappa shape index (κ1) is 18.1. The molecule has 0 aromatic heterocycles. The zero-order valence-electron chi connectivity index (χ0n) is 14.6. The first-order valence-electron chi connectivity index (χ1n) is 8.45. The van der Waals surface area contributed by atoms with Gasteiger partial charge in [0.2, 0.25) is 0 Å². The number of aliphatic imine (C=N–C) groups is 1. The maximum absolute atomic E-state index is 12.6. The predicted octanol–water partition coefficient (Wildman–Crippen LogP) is 2.61. The van der Waals surface area contributed by atoms with E-state index in [1.165, 1.54) is 11.8 Å². The summed E-state index contributed by atoms with van der Waals surface area (Å²) >= 11 is 1.37. The average Bonchev–Trinajstić information content (AvgIpc) is 3.13. The van der Waals surface area contributed by atoms with Gasteiger partial charge in [0, 0.05) is 16.5 Å². The molecule has 2 aromatic rings. The Morgan fingerprint density at radius 3 is 2.48 bits per heavy atom. The van der Waals surface area contributed by atoms with E-state index in [0.29, 0.717) is 16.5 Å². The van der Waals surface area contributed by atoms with Gasteiger partial charge in [-0.3, -0.25) is 4.79 Å². The number of anilines is 1. The lowest BCUT2D eigenvalue weighted by atomic mass is 10.2.